The minimum atomic E-state index is -0.664. The number of likely N-dealkylation sites (N-methyl/N-ethyl adjacent to an activating group) is 1. The number of ketones is 1. The standard InChI is InChI=1S/C19H13N3O2/c1-2-22-14(8-7-12-5-3-4-6-16(12)22)9-15-17(13(10-20)11-21)19(24)18(15)23/h3-9,23H,2H2,1H3/b14-9+. The predicted octanol–water partition coefficient (Wildman–Crippen LogP) is 3.16. The average molecular weight is 315 g/mol. The molecule has 116 valence electrons. The molecule has 1 N–H and O–H groups in total. The van der Waals surface area contributed by atoms with E-state index in [2.05, 4.69) is 0 Å². The molecule has 5 heteroatoms. The number of para-hydroxylation sites is 1. The molecule has 5 nitrogen and oxygen atoms in total. The van der Waals surface area contributed by atoms with E-state index in [1.54, 1.807) is 18.2 Å². The molecule has 0 unspecified atom stereocenters. The number of Topliss-reactive ketones (excluding diaryl/α,β-unsaturated/α-hetero) is 1. The third-order valence-electron chi connectivity index (χ3n) is 4.02. The van der Waals surface area contributed by atoms with Crippen molar-refractivity contribution < 1.29 is 9.90 Å². The van der Waals surface area contributed by atoms with E-state index in [0.717, 1.165) is 16.9 Å². The Bertz CT molecular complexity index is 934. The molecule has 1 heterocycles. The Morgan fingerprint density at radius 2 is 1.96 bits per heavy atom. The van der Waals surface area contributed by atoms with E-state index in [-0.39, 0.29) is 16.7 Å². The van der Waals surface area contributed by atoms with Gasteiger partial charge in [-0.2, -0.15) is 10.5 Å². The number of nitriles is 2. The maximum Gasteiger partial charge on any atom is 0.230 e. The first-order valence-electron chi connectivity index (χ1n) is 7.41. The van der Waals surface area contributed by atoms with Gasteiger partial charge in [0.1, 0.15) is 17.7 Å². The van der Waals surface area contributed by atoms with Crippen LogP contribution in [0.2, 0.25) is 0 Å². The lowest BCUT2D eigenvalue weighted by molar-refractivity contribution is -0.115. The lowest BCUT2D eigenvalue weighted by Crippen LogP contribution is -2.27. The van der Waals surface area contributed by atoms with Gasteiger partial charge in [0.25, 0.3) is 0 Å². The topological polar surface area (TPSA) is 88.1 Å². The third kappa shape index (κ3) is 2.20. The summed E-state index contributed by atoms with van der Waals surface area (Å²) in [6.07, 6.45) is 5.46. The fourth-order valence-electron chi connectivity index (χ4n) is 2.85. The molecule has 0 fully saturated rings. The van der Waals surface area contributed by atoms with Crippen molar-refractivity contribution in [2.24, 2.45) is 0 Å². The van der Waals surface area contributed by atoms with Crippen molar-refractivity contribution in [3.63, 3.8) is 0 Å². The van der Waals surface area contributed by atoms with E-state index in [4.69, 9.17) is 10.5 Å². The second-order valence-electron chi connectivity index (χ2n) is 5.27. The van der Waals surface area contributed by atoms with Gasteiger partial charge in [0.15, 0.2) is 5.76 Å². The normalized spacial score (nSPS) is 17.3. The minimum Gasteiger partial charge on any atom is -0.504 e. The van der Waals surface area contributed by atoms with Crippen LogP contribution in [0.3, 0.4) is 0 Å². The highest BCUT2D eigenvalue weighted by molar-refractivity contribution is 6.20. The maximum absolute atomic E-state index is 11.8. The van der Waals surface area contributed by atoms with Gasteiger partial charge in [0.2, 0.25) is 5.78 Å². The molecule has 2 aliphatic rings. The quantitative estimate of drug-likeness (QED) is 0.669. The molecule has 0 atom stereocenters. The summed E-state index contributed by atoms with van der Waals surface area (Å²) in [5, 5.41) is 27.8. The number of nitrogens with zero attached hydrogens (tertiary/aromatic N) is 3. The predicted molar refractivity (Wildman–Crippen MR) is 89.5 cm³/mol. The number of rotatable bonds is 2. The number of fused-ring (bicyclic) bond motifs is 1. The van der Waals surface area contributed by atoms with Gasteiger partial charge >= 0.3 is 0 Å². The number of carbonyl (C=O) groups is 1. The lowest BCUT2D eigenvalue weighted by Gasteiger charge is -2.30. The van der Waals surface area contributed by atoms with Crippen molar-refractivity contribution in [3.8, 4) is 12.1 Å². The summed E-state index contributed by atoms with van der Waals surface area (Å²) < 4.78 is 0. The van der Waals surface area contributed by atoms with Gasteiger partial charge in [-0.3, -0.25) is 4.79 Å². The number of aliphatic hydroxyl groups is 1. The first-order chi connectivity index (χ1) is 11.6. The molecule has 3 rings (SSSR count). The smallest absolute Gasteiger partial charge is 0.230 e. The molecule has 0 aromatic heterocycles. The lowest BCUT2D eigenvalue weighted by atomic mass is 9.83. The van der Waals surface area contributed by atoms with Crippen molar-refractivity contribution in [1.82, 2.24) is 0 Å². The molecule has 1 aliphatic carbocycles. The number of hydrogen-bond donors (Lipinski definition) is 1. The minimum absolute atomic E-state index is 0.0201. The Kier molecular flexibility index (Phi) is 3.77. The number of hydrogen-bond acceptors (Lipinski definition) is 5. The average Bonchev–Trinajstić information content (AvgIpc) is 2.63. The number of anilines is 1. The molecule has 1 aromatic carbocycles. The third-order valence-corrected chi connectivity index (χ3v) is 4.02. The summed E-state index contributed by atoms with van der Waals surface area (Å²) in [5.41, 5.74) is 2.80. The molecule has 0 saturated heterocycles. The Hall–Kier alpha value is -3.57. The van der Waals surface area contributed by atoms with E-state index < -0.39 is 11.5 Å². The highest BCUT2D eigenvalue weighted by Crippen LogP contribution is 2.36. The van der Waals surface area contributed by atoms with Crippen molar-refractivity contribution >= 4 is 17.5 Å². The molecule has 24 heavy (non-hydrogen) atoms. The summed E-state index contributed by atoms with van der Waals surface area (Å²) in [7, 11) is 0. The summed E-state index contributed by atoms with van der Waals surface area (Å²) in [5.74, 6) is -1.08. The monoisotopic (exact) mass is 315 g/mol. The van der Waals surface area contributed by atoms with Crippen LogP contribution in [0.1, 0.15) is 12.5 Å². The Labute approximate surface area is 139 Å². The molecule has 0 spiro atoms. The van der Waals surface area contributed by atoms with Gasteiger partial charge in [-0.25, -0.2) is 0 Å². The zero-order chi connectivity index (χ0) is 17.3. The summed E-state index contributed by atoms with van der Waals surface area (Å²) in [6.45, 7) is 2.69. The van der Waals surface area contributed by atoms with Gasteiger partial charge in [-0.15, -0.1) is 0 Å². The number of aliphatic hydroxyl groups excluding tert-OH is 1. The number of allylic oxidation sites excluding steroid dienone is 5. The molecule has 0 amide bonds. The summed E-state index contributed by atoms with van der Waals surface area (Å²) >= 11 is 0. The van der Waals surface area contributed by atoms with Gasteiger partial charge < -0.3 is 10.0 Å². The second-order valence-corrected chi connectivity index (χ2v) is 5.27. The number of benzene rings is 1. The highest BCUT2D eigenvalue weighted by Gasteiger charge is 2.36. The fourth-order valence-corrected chi connectivity index (χ4v) is 2.85. The molecule has 0 saturated carbocycles. The SMILES string of the molecule is CCN1/C(=C/C2=C(O)C(=O)C2=C(C#N)C#N)C=Cc2ccccc21. The molecule has 1 aliphatic heterocycles. The van der Waals surface area contributed by atoms with Crippen LogP contribution in [0, 0.1) is 22.7 Å². The van der Waals surface area contributed by atoms with E-state index in [9.17, 15) is 9.90 Å². The van der Waals surface area contributed by atoms with Gasteiger partial charge in [-0.05, 0) is 30.7 Å². The van der Waals surface area contributed by atoms with Crippen LogP contribution in [0.25, 0.3) is 6.08 Å². The fraction of sp³-hybridized carbons (Fsp3) is 0.105. The van der Waals surface area contributed by atoms with Crippen molar-refractivity contribution in [2.75, 3.05) is 11.4 Å². The molecular formula is C19H13N3O2. The van der Waals surface area contributed by atoms with Crippen molar-refractivity contribution in [2.45, 2.75) is 6.92 Å². The van der Waals surface area contributed by atoms with Crippen LogP contribution in [0.15, 0.2) is 64.6 Å². The second kappa shape index (κ2) is 5.91. The van der Waals surface area contributed by atoms with Crippen LogP contribution in [0.4, 0.5) is 5.69 Å². The van der Waals surface area contributed by atoms with Gasteiger partial charge in [-0.1, -0.05) is 24.3 Å². The van der Waals surface area contributed by atoms with Gasteiger partial charge in [0.05, 0.1) is 5.57 Å². The molecular weight excluding hydrogens is 302 g/mol. The Balaban J connectivity index is 2.11. The molecule has 0 radical (unpaired) electrons. The summed E-state index contributed by atoms with van der Waals surface area (Å²) in [6, 6.07) is 11.3. The van der Waals surface area contributed by atoms with Crippen LogP contribution < -0.4 is 4.90 Å². The summed E-state index contributed by atoms with van der Waals surface area (Å²) in [4.78, 5) is 13.8. The zero-order valence-electron chi connectivity index (χ0n) is 12.9. The van der Waals surface area contributed by atoms with E-state index in [0.29, 0.717) is 6.54 Å². The largest absolute Gasteiger partial charge is 0.504 e. The number of carbonyl (C=O) groups excluding carboxylic acids is 1. The highest BCUT2D eigenvalue weighted by atomic mass is 16.3. The van der Waals surface area contributed by atoms with Gasteiger partial charge in [0, 0.05) is 23.5 Å². The molecule has 1 aromatic rings. The zero-order valence-corrected chi connectivity index (χ0v) is 12.9. The maximum atomic E-state index is 11.8. The van der Waals surface area contributed by atoms with E-state index in [1.165, 1.54) is 0 Å². The van der Waals surface area contributed by atoms with Crippen molar-refractivity contribution in [1.29, 1.82) is 10.5 Å². The van der Waals surface area contributed by atoms with E-state index >= 15 is 0 Å². The van der Waals surface area contributed by atoms with Crippen LogP contribution in [-0.2, 0) is 4.79 Å². The first kappa shape index (κ1) is 15.3. The Morgan fingerprint density at radius 1 is 1.25 bits per heavy atom. The van der Waals surface area contributed by atoms with Crippen molar-refractivity contribution in [3.05, 3.63) is 70.2 Å². The van der Waals surface area contributed by atoms with Crippen LogP contribution >= 0.6 is 0 Å². The molecule has 0 bridgehead atoms. The Morgan fingerprint density at radius 3 is 2.62 bits per heavy atom. The van der Waals surface area contributed by atoms with Crippen LogP contribution in [0.5, 0.6) is 0 Å². The van der Waals surface area contributed by atoms with Crippen LogP contribution in [-0.4, -0.2) is 17.4 Å². The van der Waals surface area contributed by atoms with E-state index in [1.807, 2.05) is 48.2 Å². The first-order valence-corrected chi connectivity index (χ1v) is 7.41.